The molecular formula is C14H15ClN2. The second kappa shape index (κ2) is 3.50. The summed E-state index contributed by atoms with van der Waals surface area (Å²) in [6, 6.07) is 6.81. The minimum Gasteiger partial charge on any atom is -0.357 e. The first-order chi connectivity index (χ1) is 8.33. The van der Waals surface area contributed by atoms with Gasteiger partial charge in [-0.05, 0) is 49.6 Å². The second-order valence-corrected chi connectivity index (χ2v) is 5.59. The third-order valence-corrected chi connectivity index (χ3v) is 4.48. The molecule has 0 spiro atoms. The van der Waals surface area contributed by atoms with Gasteiger partial charge in [-0.15, -0.1) is 0 Å². The van der Waals surface area contributed by atoms with E-state index in [-0.39, 0.29) is 0 Å². The Balaban J connectivity index is 1.96. The topological polar surface area (TPSA) is 19.0 Å². The Kier molecular flexibility index (Phi) is 2.06. The number of hydrogen-bond acceptors (Lipinski definition) is 1. The molecule has 1 unspecified atom stereocenters. The molecule has 1 aromatic carbocycles. The van der Waals surface area contributed by atoms with Gasteiger partial charge < -0.3 is 4.98 Å². The highest BCUT2D eigenvalue weighted by molar-refractivity contribution is 6.31. The maximum absolute atomic E-state index is 6.11. The van der Waals surface area contributed by atoms with Crippen LogP contribution in [-0.4, -0.2) is 23.0 Å². The van der Waals surface area contributed by atoms with Gasteiger partial charge in [0.2, 0.25) is 0 Å². The molecule has 3 heteroatoms. The lowest BCUT2D eigenvalue weighted by Crippen LogP contribution is -2.30. The minimum atomic E-state index is 0.630. The molecule has 4 rings (SSSR count). The van der Waals surface area contributed by atoms with Crippen LogP contribution in [0.2, 0.25) is 5.02 Å². The van der Waals surface area contributed by atoms with Crippen molar-refractivity contribution in [3.05, 3.63) is 34.5 Å². The van der Waals surface area contributed by atoms with Gasteiger partial charge in [0.25, 0.3) is 0 Å². The lowest BCUT2D eigenvalue weighted by Gasteiger charge is -2.29. The van der Waals surface area contributed by atoms with Gasteiger partial charge >= 0.3 is 0 Å². The van der Waals surface area contributed by atoms with Gasteiger partial charge in [0, 0.05) is 28.2 Å². The van der Waals surface area contributed by atoms with Crippen molar-refractivity contribution in [2.45, 2.75) is 25.3 Å². The van der Waals surface area contributed by atoms with Crippen LogP contribution in [0.5, 0.6) is 0 Å². The number of fused-ring (bicyclic) bond motifs is 5. The highest BCUT2D eigenvalue weighted by Gasteiger charge is 2.33. The van der Waals surface area contributed by atoms with E-state index in [1.54, 1.807) is 0 Å². The molecule has 88 valence electrons. The van der Waals surface area contributed by atoms with Crippen molar-refractivity contribution >= 4 is 22.5 Å². The summed E-state index contributed by atoms with van der Waals surface area (Å²) in [6.45, 7) is 2.47. The molecule has 1 aromatic heterocycles. The normalized spacial score (nSPS) is 23.9. The van der Waals surface area contributed by atoms with Gasteiger partial charge in [-0.25, -0.2) is 0 Å². The van der Waals surface area contributed by atoms with Gasteiger partial charge in [-0.2, -0.15) is 0 Å². The molecule has 1 N–H and O–H groups in total. The van der Waals surface area contributed by atoms with E-state index in [0.717, 1.165) is 11.4 Å². The van der Waals surface area contributed by atoms with E-state index in [0.29, 0.717) is 6.04 Å². The number of halogens is 1. The zero-order valence-corrected chi connectivity index (χ0v) is 10.4. The van der Waals surface area contributed by atoms with Crippen molar-refractivity contribution in [3.8, 4) is 0 Å². The molecule has 0 radical (unpaired) electrons. The number of rotatable bonds is 0. The zero-order chi connectivity index (χ0) is 11.4. The van der Waals surface area contributed by atoms with Crippen LogP contribution in [0.25, 0.3) is 10.9 Å². The Labute approximate surface area is 106 Å². The highest BCUT2D eigenvalue weighted by Crippen LogP contribution is 2.40. The standard InChI is InChI=1S/C14H15ClN2/c15-9-3-4-12-11(8-9)10-5-7-17-6-1-2-13(17)14(10)16-12/h3-4,8,13,16H,1-2,5-7H2. The predicted molar refractivity (Wildman–Crippen MR) is 70.6 cm³/mol. The van der Waals surface area contributed by atoms with Crippen molar-refractivity contribution < 1.29 is 0 Å². The fourth-order valence-electron chi connectivity index (χ4n) is 3.47. The molecule has 2 nitrogen and oxygen atoms in total. The maximum atomic E-state index is 6.11. The number of H-pyrrole nitrogens is 1. The second-order valence-electron chi connectivity index (χ2n) is 5.15. The fourth-order valence-corrected chi connectivity index (χ4v) is 3.64. The summed E-state index contributed by atoms with van der Waals surface area (Å²) in [5, 5.41) is 2.17. The van der Waals surface area contributed by atoms with E-state index in [1.807, 2.05) is 6.07 Å². The average Bonchev–Trinajstić information content (AvgIpc) is 2.91. The summed E-state index contributed by atoms with van der Waals surface area (Å²) in [5.41, 5.74) is 4.20. The van der Waals surface area contributed by atoms with E-state index >= 15 is 0 Å². The van der Waals surface area contributed by atoms with Crippen LogP contribution in [0.4, 0.5) is 0 Å². The molecule has 0 amide bonds. The summed E-state index contributed by atoms with van der Waals surface area (Å²) in [6.07, 6.45) is 3.79. The Hall–Kier alpha value is -0.990. The van der Waals surface area contributed by atoms with Gasteiger partial charge in [0.1, 0.15) is 0 Å². The number of aromatic amines is 1. The first-order valence-electron chi connectivity index (χ1n) is 6.37. The first-order valence-corrected chi connectivity index (χ1v) is 6.75. The zero-order valence-electron chi connectivity index (χ0n) is 9.67. The molecule has 1 atom stereocenters. The highest BCUT2D eigenvalue weighted by atomic mass is 35.5. The van der Waals surface area contributed by atoms with Crippen LogP contribution in [0, 0.1) is 0 Å². The molecule has 2 aliphatic heterocycles. The molecule has 0 bridgehead atoms. The van der Waals surface area contributed by atoms with Crippen molar-refractivity contribution in [3.63, 3.8) is 0 Å². The monoisotopic (exact) mass is 246 g/mol. The largest absolute Gasteiger partial charge is 0.357 e. The van der Waals surface area contributed by atoms with Crippen molar-refractivity contribution in [2.24, 2.45) is 0 Å². The Bertz CT molecular complexity index is 587. The molecule has 17 heavy (non-hydrogen) atoms. The quantitative estimate of drug-likeness (QED) is 0.754. The summed E-state index contributed by atoms with van der Waals surface area (Å²) in [7, 11) is 0. The van der Waals surface area contributed by atoms with E-state index in [1.165, 1.54) is 48.1 Å². The fraction of sp³-hybridized carbons (Fsp3) is 0.429. The van der Waals surface area contributed by atoms with Crippen LogP contribution in [0.3, 0.4) is 0 Å². The van der Waals surface area contributed by atoms with E-state index in [2.05, 4.69) is 22.0 Å². The molecule has 1 saturated heterocycles. The lowest BCUT2D eigenvalue weighted by atomic mass is 9.98. The molecule has 3 heterocycles. The number of nitrogens with one attached hydrogen (secondary N) is 1. The third-order valence-electron chi connectivity index (χ3n) is 4.25. The van der Waals surface area contributed by atoms with E-state index in [9.17, 15) is 0 Å². The summed E-state index contributed by atoms with van der Waals surface area (Å²) < 4.78 is 0. The van der Waals surface area contributed by atoms with Gasteiger partial charge in [-0.3, -0.25) is 4.90 Å². The van der Waals surface area contributed by atoms with Gasteiger partial charge in [0.15, 0.2) is 0 Å². The first kappa shape index (κ1) is 9.98. The van der Waals surface area contributed by atoms with Crippen LogP contribution in [0.15, 0.2) is 18.2 Å². The Morgan fingerprint density at radius 1 is 1.29 bits per heavy atom. The molecule has 2 aromatic rings. The van der Waals surface area contributed by atoms with Gasteiger partial charge in [0.05, 0.1) is 6.04 Å². The van der Waals surface area contributed by atoms with Crippen molar-refractivity contribution in [2.75, 3.05) is 13.1 Å². The summed E-state index contributed by atoms with van der Waals surface area (Å²) >= 11 is 6.11. The molecule has 1 fully saturated rings. The maximum Gasteiger partial charge on any atom is 0.0502 e. The number of benzene rings is 1. The third kappa shape index (κ3) is 1.37. The Morgan fingerprint density at radius 2 is 2.24 bits per heavy atom. The average molecular weight is 247 g/mol. The van der Waals surface area contributed by atoms with Crippen LogP contribution < -0.4 is 0 Å². The minimum absolute atomic E-state index is 0.630. The molecule has 2 aliphatic rings. The smallest absolute Gasteiger partial charge is 0.0502 e. The molecule has 0 saturated carbocycles. The number of aromatic nitrogens is 1. The van der Waals surface area contributed by atoms with E-state index < -0.39 is 0 Å². The Morgan fingerprint density at radius 3 is 3.18 bits per heavy atom. The van der Waals surface area contributed by atoms with E-state index in [4.69, 9.17) is 11.6 Å². The van der Waals surface area contributed by atoms with Crippen LogP contribution in [0.1, 0.15) is 30.1 Å². The number of hydrogen-bond donors (Lipinski definition) is 1. The van der Waals surface area contributed by atoms with Crippen molar-refractivity contribution in [1.82, 2.24) is 9.88 Å². The van der Waals surface area contributed by atoms with Gasteiger partial charge in [-0.1, -0.05) is 11.6 Å². The SMILES string of the molecule is Clc1ccc2[nH]c3c(c2c1)CCN1CCCC31. The summed E-state index contributed by atoms with van der Waals surface area (Å²) in [5.74, 6) is 0. The number of nitrogens with zero attached hydrogens (tertiary/aromatic N) is 1. The molecular weight excluding hydrogens is 232 g/mol. The van der Waals surface area contributed by atoms with Crippen LogP contribution >= 0.6 is 11.6 Å². The summed E-state index contributed by atoms with van der Waals surface area (Å²) in [4.78, 5) is 6.22. The molecule has 0 aliphatic carbocycles. The predicted octanol–water partition coefficient (Wildman–Crippen LogP) is 3.51. The van der Waals surface area contributed by atoms with Crippen LogP contribution in [-0.2, 0) is 6.42 Å². The van der Waals surface area contributed by atoms with Crippen molar-refractivity contribution in [1.29, 1.82) is 0 Å². The lowest BCUT2D eigenvalue weighted by molar-refractivity contribution is 0.241.